The maximum atomic E-state index is 3.72. The fourth-order valence-electron chi connectivity index (χ4n) is 3.48. The molecule has 5 rings (SSSR count). The van der Waals surface area contributed by atoms with Gasteiger partial charge in [0.2, 0.25) is 0 Å². The van der Waals surface area contributed by atoms with Crippen molar-refractivity contribution in [3.05, 3.63) is 79.5 Å². The minimum atomic E-state index is 1.18. The normalized spacial score (nSPS) is 11.5. The SMILES string of the molecule is Brc1cc2c(s1)c(-c1ccccc1)c(-c1ccccc1)c1sc(I)cc12. The number of thiophene rings is 2. The summed E-state index contributed by atoms with van der Waals surface area (Å²) in [6, 6.07) is 26.2. The van der Waals surface area contributed by atoms with E-state index in [1.54, 1.807) is 0 Å². The molecule has 2 aromatic heterocycles. The number of fused-ring (bicyclic) bond motifs is 3. The van der Waals surface area contributed by atoms with E-state index in [2.05, 4.69) is 111 Å². The average Bonchev–Trinajstić information content (AvgIpc) is 3.23. The zero-order chi connectivity index (χ0) is 17.7. The highest BCUT2D eigenvalue weighted by Crippen LogP contribution is 2.50. The van der Waals surface area contributed by atoms with Crippen LogP contribution in [0.2, 0.25) is 0 Å². The predicted octanol–water partition coefficient (Wildman–Crippen LogP) is 8.82. The van der Waals surface area contributed by atoms with E-state index in [4.69, 9.17) is 0 Å². The highest BCUT2D eigenvalue weighted by Gasteiger charge is 2.20. The Hall–Kier alpha value is -1.21. The van der Waals surface area contributed by atoms with Gasteiger partial charge in [0.1, 0.15) is 0 Å². The summed E-state index contributed by atoms with van der Waals surface area (Å²) in [4.78, 5) is 0. The Labute approximate surface area is 181 Å². The molecule has 0 unspecified atom stereocenters. The van der Waals surface area contributed by atoms with Crippen LogP contribution in [0.25, 0.3) is 42.4 Å². The van der Waals surface area contributed by atoms with Crippen LogP contribution in [-0.2, 0) is 0 Å². The molecule has 5 aromatic rings. The van der Waals surface area contributed by atoms with Gasteiger partial charge in [0.05, 0.1) is 6.67 Å². The summed E-state index contributed by atoms with van der Waals surface area (Å²) in [5.41, 5.74) is 5.24. The number of halogens is 2. The Morgan fingerprint density at radius 3 is 1.73 bits per heavy atom. The van der Waals surface area contributed by atoms with Gasteiger partial charge in [-0.25, -0.2) is 0 Å². The molecular formula is C22H12BrIS2. The lowest BCUT2D eigenvalue weighted by Gasteiger charge is -2.14. The Balaban J connectivity index is 2.05. The smallest absolute Gasteiger partial charge is 0.0711 e. The maximum absolute atomic E-state index is 3.72. The predicted molar refractivity (Wildman–Crippen MR) is 128 cm³/mol. The van der Waals surface area contributed by atoms with Gasteiger partial charge in [0.25, 0.3) is 0 Å². The van der Waals surface area contributed by atoms with Crippen molar-refractivity contribution >= 4 is 81.4 Å². The first kappa shape index (κ1) is 16.9. The highest BCUT2D eigenvalue weighted by atomic mass is 127. The molecule has 0 amide bonds. The van der Waals surface area contributed by atoms with Gasteiger partial charge in [-0.2, -0.15) is 0 Å². The number of hydrogen-bond donors (Lipinski definition) is 0. The van der Waals surface area contributed by atoms with Gasteiger partial charge in [0, 0.05) is 31.3 Å². The van der Waals surface area contributed by atoms with Gasteiger partial charge in [-0.1, -0.05) is 60.7 Å². The Bertz CT molecular complexity index is 1140. The van der Waals surface area contributed by atoms with Crippen LogP contribution >= 0.6 is 61.2 Å². The van der Waals surface area contributed by atoms with Gasteiger partial charge < -0.3 is 0 Å². The van der Waals surface area contributed by atoms with Gasteiger partial charge in [0.15, 0.2) is 0 Å². The van der Waals surface area contributed by atoms with Crippen molar-refractivity contribution in [2.45, 2.75) is 0 Å². The van der Waals surface area contributed by atoms with E-state index in [0.717, 1.165) is 0 Å². The topological polar surface area (TPSA) is 0 Å². The summed E-state index contributed by atoms with van der Waals surface area (Å²) < 4.78 is 5.22. The van der Waals surface area contributed by atoms with E-state index in [-0.39, 0.29) is 0 Å². The molecule has 0 spiro atoms. The van der Waals surface area contributed by atoms with Crippen LogP contribution in [0.5, 0.6) is 0 Å². The van der Waals surface area contributed by atoms with Gasteiger partial charge in [-0.3, -0.25) is 0 Å². The van der Waals surface area contributed by atoms with Crippen LogP contribution in [0, 0.1) is 2.88 Å². The van der Waals surface area contributed by atoms with E-state index >= 15 is 0 Å². The lowest BCUT2D eigenvalue weighted by Crippen LogP contribution is -1.87. The molecule has 26 heavy (non-hydrogen) atoms. The van der Waals surface area contributed by atoms with E-state index in [9.17, 15) is 0 Å². The van der Waals surface area contributed by atoms with E-state index in [0.29, 0.717) is 0 Å². The molecule has 0 aliphatic rings. The van der Waals surface area contributed by atoms with Crippen molar-refractivity contribution < 1.29 is 0 Å². The molecular weight excluding hydrogens is 535 g/mol. The summed E-state index contributed by atoms with van der Waals surface area (Å²) in [5.74, 6) is 0. The first-order valence-corrected chi connectivity index (χ1v) is 11.7. The second kappa shape index (κ2) is 6.75. The highest BCUT2D eigenvalue weighted by molar-refractivity contribution is 14.1. The summed E-state index contributed by atoms with van der Waals surface area (Å²) in [6.45, 7) is 0. The van der Waals surface area contributed by atoms with Crippen LogP contribution < -0.4 is 0 Å². The number of hydrogen-bond acceptors (Lipinski definition) is 2. The molecule has 0 bridgehead atoms. The minimum absolute atomic E-state index is 1.18. The zero-order valence-corrected chi connectivity index (χ0v) is 18.9. The van der Waals surface area contributed by atoms with Gasteiger partial charge in [-0.05, 0) is 61.8 Å². The number of benzene rings is 3. The lowest BCUT2D eigenvalue weighted by atomic mass is 9.92. The molecule has 2 heterocycles. The standard InChI is InChI=1S/C22H12BrIS2/c23-17-11-15-16-12-18(24)26-22(16)20(14-9-5-2-6-10-14)19(21(15)25-17)13-7-3-1-4-8-13/h1-12H. The van der Waals surface area contributed by atoms with Crippen molar-refractivity contribution in [2.75, 3.05) is 0 Å². The van der Waals surface area contributed by atoms with Crippen LogP contribution in [0.15, 0.2) is 76.6 Å². The molecule has 0 nitrogen and oxygen atoms in total. The lowest BCUT2D eigenvalue weighted by molar-refractivity contribution is 1.65. The van der Waals surface area contributed by atoms with E-state index in [1.807, 2.05) is 22.7 Å². The fourth-order valence-corrected chi connectivity index (χ4v) is 7.11. The molecule has 0 aliphatic carbocycles. The van der Waals surface area contributed by atoms with Crippen LogP contribution in [0.1, 0.15) is 0 Å². The summed E-state index contributed by atoms with van der Waals surface area (Å²) in [6.07, 6.45) is 0. The monoisotopic (exact) mass is 546 g/mol. The van der Waals surface area contributed by atoms with Crippen molar-refractivity contribution in [3.8, 4) is 22.3 Å². The Morgan fingerprint density at radius 2 is 1.15 bits per heavy atom. The molecule has 0 fully saturated rings. The summed E-state index contributed by atoms with van der Waals surface area (Å²) in [7, 11) is 0. The largest absolute Gasteiger partial charge is 0.128 e. The molecule has 0 aliphatic heterocycles. The third-order valence-electron chi connectivity index (χ3n) is 4.52. The van der Waals surface area contributed by atoms with Crippen molar-refractivity contribution in [1.29, 1.82) is 0 Å². The summed E-state index contributed by atoms with van der Waals surface area (Å²) >= 11 is 9.88. The van der Waals surface area contributed by atoms with Crippen LogP contribution in [0.4, 0.5) is 0 Å². The molecule has 0 saturated carbocycles. The molecule has 0 radical (unpaired) electrons. The molecule has 0 saturated heterocycles. The second-order valence-corrected chi connectivity index (χ2v) is 11.4. The van der Waals surface area contributed by atoms with E-state index in [1.165, 1.54) is 49.1 Å². The van der Waals surface area contributed by atoms with Gasteiger partial charge >= 0.3 is 0 Å². The molecule has 3 aromatic carbocycles. The number of rotatable bonds is 2. The quantitative estimate of drug-likeness (QED) is 0.194. The average molecular weight is 547 g/mol. The molecule has 4 heteroatoms. The Kier molecular flexibility index (Phi) is 4.39. The fraction of sp³-hybridized carbons (Fsp3) is 0. The summed E-state index contributed by atoms with van der Waals surface area (Å²) in [5, 5.41) is 2.70. The zero-order valence-electron chi connectivity index (χ0n) is 13.5. The molecule has 0 atom stereocenters. The van der Waals surface area contributed by atoms with Crippen molar-refractivity contribution in [3.63, 3.8) is 0 Å². The van der Waals surface area contributed by atoms with E-state index < -0.39 is 0 Å². The van der Waals surface area contributed by atoms with Crippen LogP contribution in [-0.4, -0.2) is 0 Å². The maximum Gasteiger partial charge on any atom is 0.0711 e. The first-order chi connectivity index (χ1) is 12.7. The Morgan fingerprint density at radius 1 is 0.654 bits per heavy atom. The minimum Gasteiger partial charge on any atom is -0.128 e. The molecule has 0 N–H and O–H groups in total. The van der Waals surface area contributed by atoms with Crippen molar-refractivity contribution in [1.82, 2.24) is 0 Å². The molecule has 126 valence electrons. The van der Waals surface area contributed by atoms with Gasteiger partial charge in [-0.15, -0.1) is 22.7 Å². The van der Waals surface area contributed by atoms with Crippen molar-refractivity contribution in [2.24, 2.45) is 0 Å². The first-order valence-electron chi connectivity index (χ1n) is 8.17. The second-order valence-electron chi connectivity index (χ2n) is 6.07. The third-order valence-corrected chi connectivity index (χ3v) is 8.09. The third kappa shape index (κ3) is 2.74. The van der Waals surface area contributed by atoms with Crippen LogP contribution in [0.3, 0.4) is 0 Å².